The number of anilines is 1. The van der Waals surface area contributed by atoms with Crippen LogP contribution in [0.25, 0.3) is 16.6 Å². The Kier molecular flexibility index (Phi) is 4.89. The summed E-state index contributed by atoms with van der Waals surface area (Å²) in [6, 6.07) is 6.82. The summed E-state index contributed by atoms with van der Waals surface area (Å²) in [6.45, 7) is -0.0441. The smallest absolute Gasteiger partial charge is 0.301 e. The van der Waals surface area contributed by atoms with Gasteiger partial charge in [-0.1, -0.05) is 0 Å². The summed E-state index contributed by atoms with van der Waals surface area (Å²) in [5.74, 6) is -3.59. The fraction of sp³-hybridized carbons (Fsp3) is 0.261. The van der Waals surface area contributed by atoms with E-state index < -0.39 is 50.4 Å². The zero-order valence-corrected chi connectivity index (χ0v) is 19.3. The zero-order valence-electron chi connectivity index (χ0n) is 18.5. The quantitative estimate of drug-likeness (QED) is 0.432. The highest BCUT2D eigenvalue weighted by atomic mass is 32.2. The number of fused-ring (bicyclic) bond motifs is 3. The van der Waals surface area contributed by atoms with E-state index in [1.165, 1.54) is 12.1 Å². The molecule has 1 N–H and O–H groups in total. The van der Waals surface area contributed by atoms with Crippen LogP contribution in [0.4, 0.5) is 18.9 Å². The molecule has 0 bridgehead atoms. The van der Waals surface area contributed by atoms with Crippen LogP contribution in [0.15, 0.2) is 43.0 Å². The fourth-order valence-electron chi connectivity index (χ4n) is 4.67. The van der Waals surface area contributed by atoms with Crippen molar-refractivity contribution in [2.75, 3.05) is 17.8 Å². The molecule has 36 heavy (non-hydrogen) atoms. The van der Waals surface area contributed by atoms with E-state index in [9.17, 15) is 26.9 Å². The van der Waals surface area contributed by atoms with Gasteiger partial charge >= 0.3 is 10.2 Å². The summed E-state index contributed by atoms with van der Waals surface area (Å²) in [4.78, 5) is 8.53. The highest BCUT2D eigenvalue weighted by molar-refractivity contribution is 7.90. The maximum Gasteiger partial charge on any atom is 0.301 e. The van der Waals surface area contributed by atoms with Gasteiger partial charge in [-0.05, 0) is 31.0 Å². The third-order valence-corrected chi connectivity index (χ3v) is 8.24. The number of nitrogens with one attached hydrogen (secondary N) is 1. The lowest BCUT2D eigenvalue weighted by molar-refractivity contribution is -0.0889. The van der Waals surface area contributed by atoms with Crippen molar-refractivity contribution >= 4 is 32.4 Å². The van der Waals surface area contributed by atoms with Crippen molar-refractivity contribution < 1.29 is 26.3 Å². The van der Waals surface area contributed by atoms with Crippen molar-refractivity contribution in [1.29, 1.82) is 5.26 Å². The molecular formula is C23H17F3N6O3S. The maximum atomic E-state index is 14.8. The van der Waals surface area contributed by atoms with Gasteiger partial charge in [0.2, 0.25) is 5.82 Å². The number of aromatic nitrogens is 3. The molecule has 1 saturated carbocycles. The van der Waals surface area contributed by atoms with Crippen LogP contribution < -0.4 is 9.46 Å². The van der Waals surface area contributed by atoms with E-state index in [4.69, 9.17) is 4.74 Å². The first-order valence-corrected chi connectivity index (χ1v) is 12.4. The summed E-state index contributed by atoms with van der Waals surface area (Å²) in [6.07, 6.45) is 4.73. The molecule has 2 aromatic carbocycles. The van der Waals surface area contributed by atoms with Gasteiger partial charge in [0.25, 0.3) is 0 Å². The number of imidazole rings is 1. The second-order valence-electron chi connectivity index (χ2n) is 8.96. The molecule has 6 rings (SSSR count). The zero-order chi connectivity index (χ0) is 25.2. The fourth-order valence-corrected chi connectivity index (χ4v) is 6.09. The summed E-state index contributed by atoms with van der Waals surface area (Å²) in [5, 5.41) is 10.3. The molecular weight excluding hydrogens is 497 g/mol. The lowest BCUT2D eigenvalue weighted by Crippen LogP contribution is -2.67. The Morgan fingerprint density at radius 3 is 2.72 bits per heavy atom. The molecule has 9 nitrogen and oxygen atoms in total. The van der Waals surface area contributed by atoms with E-state index in [1.807, 2.05) is 0 Å². The highest BCUT2D eigenvalue weighted by Gasteiger charge is 2.58. The standard InChI is InChI=1S/C23H17F3N6O3S/c24-16-8-18(30-36(33,34)32-10-23(11-32)4-3-19(23)25)15(9-27)21(20(16)26)35-13-1-2-17-14(7-13)22-28-5-6-31(22)12-29-17/h1-2,5-8,12,19,30H,3-4,10-11H2/t19-/m1/s1. The molecule has 2 aliphatic rings. The molecule has 2 fully saturated rings. The monoisotopic (exact) mass is 514 g/mol. The largest absolute Gasteiger partial charge is 0.453 e. The molecule has 1 aliphatic carbocycles. The average molecular weight is 514 g/mol. The van der Waals surface area contributed by atoms with Gasteiger partial charge in [0.1, 0.15) is 35.5 Å². The van der Waals surface area contributed by atoms with Gasteiger partial charge in [0.15, 0.2) is 11.6 Å². The van der Waals surface area contributed by atoms with E-state index in [0.29, 0.717) is 35.5 Å². The molecule has 1 aliphatic heterocycles. The topological polar surface area (TPSA) is 113 Å². The van der Waals surface area contributed by atoms with E-state index in [0.717, 1.165) is 4.31 Å². The number of halogens is 3. The minimum absolute atomic E-state index is 0.0220. The van der Waals surface area contributed by atoms with Crippen LogP contribution in [0.3, 0.4) is 0 Å². The summed E-state index contributed by atoms with van der Waals surface area (Å²) in [5.41, 5.74) is -0.592. The molecule has 4 aromatic rings. The number of alkyl halides is 1. The van der Waals surface area contributed by atoms with Crippen molar-refractivity contribution in [1.82, 2.24) is 18.7 Å². The number of hydrogen-bond donors (Lipinski definition) is 1. The number of nitriles is 1. The Morgan fingerprint density at radius 1 is 1.22 bits per heavy atom. The van der Waals surface area contributed by atoms with Crippen LogP contribution >= 0.6 is 0 Å². The number of nitrogens with zero attached hydrogens (tertiary/aromatic N) is 5. The van der Waals surface area contributed by atoms with Crippen molar-refractivity contribution in [2.24, 2.45) is 5.41 Å². The Hall–Kier alpha value is -3.89. The number of hydrogen-bond acceptors (Lipinski definition) is 6. The molecule has 0 unspecified atom stereocenters. The molecule has 0 amide bonds. The van der Waals surface area contributed by atoms with E-state index in [-0.39, 0.29) is 18.8 Å². The SMILES string of the molecule is N#Cc1c(NS(=O)(=O)N2CC3(CC[C@H]3F)C2)cc(F)c(F)c1Oc1ccc2ncn3ccnc3c2c1. The Morgan fingerprint density at radius 2 is 2.03 bits per heavy atom. The van der Waals surface area contributed by atoms with Crippen LogP contribution in [0, 0.1) is 28.4 Å². The van der Waals surface area contributed by atoms with Crippen LogP contribution in [-0.4, -0.2) is 46.4 Å². The lowest BCUT2D eigenvalue weighted by atomic mass is 9.63. The third kappa shape index (κ3) is 3.36. The van der Waals surface area contributed by atoms with Crippen molar-refractivity contribution in [3.05, 3.63) is 60.2 Å². The summed E-state index contributed by atoms with van der Waals surface area (Å²) in [7, 11) is -4.24. The van der Waals surface area contributed by atoms with Crippen molar-refractivity contribution in [3.63, 3.8) is 0 Å². The van der Waals surface area contributed by atoms with E-state index >= 15 is 0 Å². The van der Waals surface area contributed by atoms with Crippen LogP contribution in [-0.2, 0) is 10.2 Å². The van der Waals surface area contributed by atoms with Gasteiger partial charge < -0.3 is 4.74 Å². The van der Waals surface area contributed by atoms with E-state index in [1.54, 1.807) is 35.3 Å². The first kappa shape index (κ1) is 22.6. The molecule has 1 spiro atoms. The minimum Gasteiger partial charge on any atom is -0.453 e. The van der Waals surface area contributed by atoms with Crippen LogP contribution in [0.5, 0.6) is 11.5 Å². The molecule has 1 saturated heterocycles. The summed E-state index contributed by atoms with van der Waals surface area (Å²) >= 11 is 0. The van der Waals surface area contributed by atoms with Gasteiger partial charge in [-0.15, -0.1) is 0 Å². The summed E-state index contributed by atoms with van der Waals surface area (Å²) < 4.78 is 79.1. The van der Waals surface area contributed by atoms with Gasteiger partial charge in [0, 0.05) is 42.4 Å². The molecule has 2 aromatic heterocycles. The highest BCUT2D eigenvalue weighted by Crippen LogP contribution is 2.51. The van der Waals surface area contributed by atoms with Crippen molar-refractivity contribution in [3.8, 4) is 17.6 Å². The Labute approximate surface area is 202 Å². The molecule has 184 valence electrons. The molecule has 0 radical (unpaired) electrons. The number of benzene rings is 2. The van der Waals surface area contributed by atoms with Gasteiger partial charge in [-0.25, -0.2) is 18.7 Å². The third-order valence-electron chi connectivity index (χ3n) is 6.83. The first-order chi connectivity index (χ1) is 17.2. The molecule has 3 heterocycles. The number of rotatable bonds is 5. The maximum absolute atomic E-state index is 14.8. The predicted molar refractivity (Wildman–Crippen MR) is 122 cm³/mol. The second-order valence-corrected chi connectivity index (χ2v) is 10.6. The second kappa shape index (κ2) is 7.81. The normalized spacial score (nSPS) is 19.1. The Balaban J connectivity index is 1.34. The first-order valence-electron chi connectivity index (χ1n) is 10.9. The predicted octanol–water partition coefficient (Wildman–Crippen LogP) is 3.92. The van der Waals surface area contributed by atoms with Gasteiger partial charge in [0.05, 0.1) is 11.2 Å². The van der Waals surface area contributed by atoms with Crippen molar-refractivity contribution in [2.45, 2.75) is 19.0 Å². The average Bonchev–Trinajstić information content (AvgIpc) is 3.30. The van der Waals surface area contributed by atoms with Crippen LogP contribution in [0.1, 0.15) is 18.4 Å². The molecule has 13 heteroatoms. The van der Waals surface area contributed by atoms with E-state index in [2.05, 4.69) is 14.7 Å². The van der Waals surface area contributed by atoms with Gasteiger partial charge in [-0.2, -0.15) is 22.4 Å². The minimum atomic E-state index is -4.24. The lowest BCUT2D eigenvalue weighted by Gasteiger charge is -2.56. The Bertz CT molecular complexity index is 1700. The van der Waals surface area contributed by atoms with Gasteiger partial charge in [-0.3, -0.25) is 9.12 Å². The number of ether oxygens (including phenoxy) is 1. The molecule has 1 atom stereocenters. The van der Waals surface area contributed by atoms with Crippen LogP contribution in [0.2, 0.25) is 0 Å².